The van der Waals surface area contributed by atoms with Crippen LogP contribution in [0, 0.1) is 0 Å². The zero-order valence-corrected chi connectivity index (χ0v) is 50.4. The molecule has 3 N–H and O–H groups in total. The molecule has 0 amide bonds. The standard InChI is InChI=1S/C37H32N2O3.C20H26N.C8H18.C5H2O5.HI/c1-2-3-4-5-6-7-20-39-31-19-11-15-24-13-9-17-26(34(24)31)32(39)22-28-35(40)27(36(41)37(28)42)21-30-25-16-8-12-23-14-10-18-29(38-30)33(23)25;1-3-4-5-6-7-8-15-21-16(2)18-13-9-11-17-12-10-14-19(21)20(17)18;1-3-5-7-8-6-4-2;6-1-2(7)4(9)5(10)3(1)8;/h8-19,21-22,40H,2-7,20H2,1H3;9-14H,3-8,15H2,1-2H3;3-8H2,1-2H3;6-7H;1H/q;+1;;;/p-1. The van der Waals surface area contributed by atoms with Crippen molar-refractivity contribution in [3.63, 3.8) is 0 Å². The molecule has 0 saturated carbocycles. The van der Waals surface area contributed by atoms with Crippen molar-refractivity contribution in [3.8, 4) is 11.5 Å². The quantitative estimate of drug-likeness (QED) is 0.0210. The van der Waals surface area contributed by atoms with Crippen LogP contribution in [0.25, 0.3) is 49.3 Å². The molecule has 1 aliphatic carbocycles. The van der Waals surface area contributed by atoms with E-state index in [1.807, 2.05) is 42.5 Å². The van der Waals surface area contributed by atoms with Crippen molar-refractivity contribution in [3.05, 3.63) is 179 Å². The Kier molecular flexibility index (Phi) is 22.5. The number of carbonyl (C=O) groups excluding carboxylic acids is 2. The number of aromatic nitrogens is 1. The number of carbonyl (C=O) groups is 2. The van der Waals surface area contributed by atoms with Gasteiger partial charge in [0.15, 0.2) is 5.71 Å². The number of halogens is 1. The van der Waals surface area contributed by atoms with Crippen LogP contribution in [-0.2, 0) is 16.1 Å². The van der Waals surface area contributed by atoms with Crippen LogP contribution in [0.2, 0.25) is 0 Å². The monoisotopic (exact) mass is 1220 g/mol. The Balaban J connectivity index is 0.000000199. The van der Waals surface area contributed by atoms with Crippen LogP contribution in [0.3, 0.4) is 0 Å². The average Bonchev–Trinajstić information content (AvgIpc) is 2.96. The second-order valence-corrected chi connectivity index (χ2v) is 21.6. The molecule has 0 atom stereocenters. The van der Waals surface area contributed by atoms with Gasteiger partial charge in [0.2, 0.25) is 28.8 Å². The third kappa shape index (κ3) is 13.6. The summed E-state index contributed by atoms with van der Waals surface area (Å²) in [7, 11) is 0. The van der Waals surface area contributed by atoms with Gasteiger partial charge in [-0.3, -0.25) is 24.0 Å². The van der Waals surface area contributed by atoms with Crippen molar-refractivity contribution in [2.24, 2.45) is 4.99 Å². The second kappa shape index (κ2) is 29.6. The summed E-state index contributed by atoms with van der Waals surface area (Å²) in [5.41, 5.74) is 3.58. The first kappa shape index (κ1) is 62.3. The number of nitrogens with zero attached hydrogens (tertiary/aromatic N) is 3. The molecule has 0 fully saturated rings. The smallest absolute Gasteiger partial charge is 0.280 e. The van der Waals surface area contributed by atoms with Crippen molar-refractivity contribution >= 4 is 83.7 Å². The molecule has 2 aliphatic heterocycles. The summed E-state index contributed by atoms with van der Waals surface area (Å²) in [6.07, 6.45) is 27.0. The summed E-state index contributed by atoms with van der Waals surface area (Å²) in [6, 6.07) is 37.6. The Hall–Kier alpha value is -7.32. The number of hydrogen-bond donors (Lipinski definition) is 3. The Morgan fingerprint density at radius 3 is 1.56 bits per heavy atom. The van der Waals surface area contributed by atoms with Crippen LogP contribution in [0.4, 0.5) is 11.4 Å². The molecule has 11 rings (SSSR count). The van der Waals surface area contributed by atoms with E-state index >= 15 is 0 Å². The first-order valence-electron chi connectivity index (χ1n) is 29.6. The summed E-state index contributed by atoms with van der Waals surface area (Å²) < 4.78 is 4.77. The van der Waals surface area contributed by atoms with E-state index in [1.165, 1.54) is 130 Å². The summed E-state index contributed by atoms with van der Waals surface area (Å²) in [4.78, 5) is 62.2. The summed E-state index contributed by atoms with van der Waals surface area (Å²) in [5.74, 6) is -4.00. The van der Waals surface area contributed by atoms with E-state index in [0.717, 1.165) is 75.0 Å². The van der Waals surface area contributed by atoms with Gasteiger partial charge in [-0.25, -0.2) is 4.99 Å². The van der Waals surface area contributed by atoms with E-state index in [2.05, 4.69) is 110 Å². The third-order valence-corrected chi connectivity index (χ3v) is 15.9. The number of unbranched alkanes of at least 4 members (excludes halogenated alkanes) is 15. The average molecular weight is 1220 g/mol. The van der Waals surface area contributed by atoms with Gasteiger partial charge in [0, 0.05) is 58.5 Å². The first-order valence-corrected chi connectivity index (χ1v) is 29.6. The van der Waals surface area contributed by atoms with Crippen molar-refractivity contribution < 1.29 is 53.5 Å². The zero-order chi connectivity index (χ0) is 57.6. The highest BCUT2D eigenvalue weighted by Crippen LogP contribution is 2.38. The number of aromatic hydroxyl groups is 2. The third-order valence-electron chi connectivity index (χ3n) is 15.9. The lowest BCUT2D eigenvalue weighted by molar-refractivity contribution is -0.437. The van der Waals surface area contributed by atoms with E-state index in [4.69, 9.17) is 15.2 Å². The minimum absolute atomic E-state index is 0. The molecular formula is C70H78IN3O8. The minimum Gasteiger partial charge on any atom is -1.00 e. The molecule has 7 aromatic carbocycles. The highest BCUT2D eigenvalue weighted by Gasteiger charge is 2.36. The molecule has 3 heterocycles. The summed E-state index contributed by atoms with van der Waals surface area (Å²) in [6.45, 7) is 13.2. The number of hydrogen-bond acceptors (Lipinski definition) is 9. The maximum atomic E-state index is 13.4. The molecule has 82 heavy (non-hydrogen) atoms. The summed E-state index contributed by atoms with van der Waals surface area (Å²) >= 11 is 0. The lowest BCUT2D eigenvalue weighted by Gasteiger charge is -2.07. The number of aliphatic hydroxyl groups excluding tert-OH is 1. The number of benzene rings is 6. The van der Waals surface area contributed by atoms with Crippen molar-refractivity contribution in [1.29, 1.82) is 0 Å². The van der Waals surface area contributed by atoms with Gasteiger partial charge in [-0.15, -0.1) is 0 Å². The highest BCUT2D eigenvalue weighted by atomic mass is 127. The van der Waals surface area contributed by atoms with Crippen LogP contribution in [-0.4, -0.2) is 54.0 Å². The molecule has 12 heteroatoms. The van der Waals surface area contributed by atoms with E-state index in [1.54, 1.807) is 12.2 Å². The summed E-state index contributed by atoms with van der Waals surface area (Å²) in [5, 5.41) is 37.3. The molecule has 8 aromatic rings. The first-order chi connectivity index (χ1) is 39.4. The van der Waals surface area contributed by atoms with E-state index in [0.29, 0.717) is 5.71 Å². The fourth-order valence-electron chi connectivity index (χ4n) is 11.5. The lowest BCUT2D eigenvalue weighted by Crippen LogP contribution is -3.00. The topological polar surface area (TPSA) is 166 Å². The van der Waals surface area contributed by atoms with Gasteiger partial charge < -0.3 is 43.9 Å². The fraction of sp³-hybridized carbons (Fsp3) is 0.357. The Morgan fingerprint density at radius 1 is 0.500 bits per heavy atom. The number of allylic oxidation sites excluding steroid dienone is 3. The number of aliphatic hydroxyl groups is 1. The van der Waals surface area contributed by atoms with Gasteiger partial charge in [-0.2, -0.15) is 4.58 Å². The normalized spacial score (nSPS) is 14.0. The van der Waals surface area contributed by atoms with Gasteiger partial charge in [-0.1, -0.05) is 209 Å². The molecule has 428 valence electrons. The second-order valence-electron chi connectivity index (χ2n) is 21.6. The Bertz CT molecular complexity index is 3890. The van der Waals surface area contributed by atoms with Crippen LogP contribution in [0.1, 0.15) is 161 Å². The molecule has 0 unspecified atom stereocenters. The largest absolute Gasteiger partial charge is 1.00 e. The van der Waals surface area contributed by atoms with Gasteiger partial charge >= 0.3 is 0 Å². The van der Waals surface area contributed by atoms with Crippen molar-refractivity contribution in [2.75, 3.05) is 6.54 Å². The van der Waals surface area contributed by atoms with Crippen molar-refractivity contribution in [1.82, 2.24) is 4.57 Å². The molecule has 11 nitrogen and oxygen atoms in total. The van der Waals surface area contributed by atoms with Gasteiger partial charge in [-0.05, 0) is 59.4 Å². The van der Waals surface area contributed by atoms with E-state index < -0.39 is 39.4 Å². The molecule has 0 saturated heterocycles. The molecule has 0 radical (unpaired) electrons. The van der Waals surface area contributed by atoms with Crippen LogP contribution >= 0.6 is 0 Å². The SMILES string of the molecule is CCCCCCCC.CCCCCCCC[N+]1=C(C)c2cccc3cccc1c23.CCCCCCCCn1c(=CC2=C(O)C(=CC3=Nc4cccc5cccc3c45)C(=O)C2=O)c2cccc3cccc1c32.O=c1c(O)c(O)c(=O)c1=O.[I-]. The van der Waals surface area contributed by atoms with Gasteiger partial charge in [0.1, 0.15) is 12.3 Å². The predicted molar refractivity (Wildman–Crippen MR) is 332 cm³/mol. The van der Waals surface area contributed by atoms with Crippen LogP contribution in [0.15, 0.2) is 152 Å². The number of rotatable bonds is 21. The highest BCUT2D eigenvalue weighted by molar-refractivity contribution is 6.55. The number of aryl methyl sites for hydroxylation is 1. The molecule has 0 spiro atoms. The van der Waals surface area contributed by atoms with Crippen LogP contribution in [0.5, 0.6) is 11.5 Å². The molecular weight excluding hydrogens is 1140 g/mol. The predicted octanol–water partition coefficient (Wildman–Crippen LogP) is 11.9. The fourth-order valence-corrected chi connectivity index (χ4v) is 11.5. The Morgan fingerprint density at radius 2 is 0.988 bits per heavy atom. The van der Waals surface area contributed by atoms with E-state index in [9.17, 15) is 29.1 Å². The van der Waals surface area contributed by atoms with Crippen LogP contribution < -0.4 is 45.6 Å². The minimum atomic E-state index is -1.39. The van der Waals surface area contributed by atoms with Gasteiger partial charge in [0.05, 0.1) is 33.5 Å². The molecule has 1 aromatic heterocycles. The maximum Gasteiger partial charge on any atom is 0.280 e. The van der Waals surface area contributed by atoms with E-state index in [-0.39, 0.29) is 40.9 Å². The number of ketones is 2. The number of aliphatic imine (C=N–C) groups is 1. The molecule has 3 aliphatic rings. The molecule has 0 bridgehead atoms. The Labute approximate surface area is 497 Å². The zero-order valence-electron chi connectivity index (χ0n) is 48.3. The maximum absolute atomic E-state index is 13.4. The number of Topliss-reactive ketones (excluding diaryl/α,β-unsaturated/α-hetero) is 2. The van der Waals surface area contributed by atoms with Gasteiger partial charge in [0.25, 0.3) is 16.3 Å². The lowest BCUT2D eigenvalue weighted by atomic mass is 10.0. The van der Waals surface area contributed by atoms with Crippen molar-refractivity contribution in [2.45, 2.75) is 157 Å².